The number of likely N-dealkylation sites (tertiary alicyclic amines) is 1. The number of aromatic nitrogens is 1. The van der Waals surface area contributed by atoms with Gasteiger partial charge in [-0.15, -0.1) is 0 Å². The van der Waals surface area contributed by atoms with E-state index in [1.165, 1.54) is 4.57 Å². The Kier molecular flexibility index (Phi) is 6.94. The number of alkyl halides is 2. The summed E-state index contributed by atoms with van der Waals surface area (Å²) in [6.07, 6.45) is 0.553. The molecule has 14 heteroatoms. The first-order valence-electron chi connectivity index (χ1n) is 10.8. The highest BCUT2D eigenvalue weighted by Crippen LogP contribution is 2.31. The zero-order valence-electron chi connectivity index (χ0n) is 18.9. The molecule has 2 heterocycles. The minimum Gasteiger partial charge on any atom is -0.408 e. The number of nitrogens with zero attached hydrogens (tertiary/aromatic N) is 3. The van der Waals surface area contributed by atoms with E-state index in [-0.39, 0.29) is 37.2 Å². The molecule has 1 atom stereocenters. The highest BCUT2D eigenvalue weighted by Gasteiger charge is 2.38. The van der Waals surface area contributed by atoms with Gasteiger partial charge in [-0.3, -0.25) is 14.2 Å². The summed E-state index contributed by atoms with van der Waals surface area (Å²) in [6.45, 7) is 1.80. The molecule has 1 aromatic heterocycles. The normalized spacial score (nSPS) is 17.1. The summed E-state index contributed by atoms with van der Waals surface area (Å²) < 4.78 is 75.7. The molecule has 1 aliphatic rings. The molecule has 0 aliphatic carbocycles. The largest absolute Gasteiger partial charge is 0.420 e. The van der Waals surface area contributed by atoms with Crippen LogP contribution in [0, 0.1) is 5.82 Å². The van der Waals surface area contributed by atoms with Crippen LogP contribution in [0.2, 0.25) is 0 Å². The van der Waals surface area contributed by atoms with Crippen molar-refractivity contribution in [1.29, 1.82) is 0 Å². The Morgan fingerprint density at radius 2 is 2.08 bits per heavy atom. The second kappa shape index (κ2) is 9.67. The average molecular weight is 542 g/mol. The van der Waals surface area contributed by atoms with Gasteiger partial charge in [0.05, 0.1) is 24.4 Å². The molecule has 36 heavy (non-hydrogen) atoms. The van der Waals surface area contributed by atoms with Gasteiger partial charge in [-0.1, -0.05) is 24.3 Å². The molecule has 0 spiro atoms. The predicted octanol–water partition coefficient (Wildman–Crippen LogP) is 2.73. The van der Waals surface area contributed by atoms with E-state index in [9.17, 15) is 26.4 Å². The van der Waals surface area contributed by atoms with E-state index in [0.717, 1.165) is 24.0 Å². The zero-order valence-corrected chi connectivity index (χ0v) is 20.6. The summed E-state index contributed by atoms with van der Waals surface area (Å²) in [7, 11) is -4.48. The average Bonchev–Trinajstić information content (AvgIpc) is 3.29. The highest BCUT2D eigenvalue weighted by atomic mass is 32.2. The maximum absolute atomic E-state index is 15.0. The van der Waals surface area contributed by atoms with Gasteiger partial charge in [-0.05, 0) is 30.3 Å². The number of oxazole rings is 1. The minimum absolute atomic E-state index is 0.0222. The first-order valence-corrected chi connectivity index (χ1v) is 12.6. The first-order chi connectivity index (χ1) is 16.9. The lowest BCUT2D eigenvalue weighted by Gasteiger charge is -2.21. The molecule has 9 nitrogen and oxygen atoms in total. The van der Waals surface area contributed by atoms with Crippen molar-refractivity contribution in [3.05, 3.63) is 63.9 Å². The quantitative estimate of drug-likeness (QED) is 0.280. The maximum Gasteiger partial charge on any atom is 0.420 e. The molecule has 0 bridgehead atoms. The van der Waals surface area contributed by atoms with Gasteiger partial charge in [0.25, 0.3) is 15.9 Å². The zero-order chi connectivity index (χ0) is 26.3. The summed E-state index contributed by atoms with van der Waals surface area (Å²) in [5.74, 6) is -4.74. The molecule has 2 aromatic carbocycles. The van der Waals surface area contributed by atoms with E-state index in [0.29, 0.717) is 5.56 Å². The lowest BCUT2D eigenvalue weighted by atomic mass is 10.0. The third-order valence-electron chi connectivity index (χ3n) is 5.91. The van der Waals surface area contributed by atoms with E-state index in [2.05, 4.69) is 4.99 Å². The van der Waals surface area contributed by atoms with Gasteiger partial charge in [-0.25, -0.2) is 31.4 Å². The van der Waals surface area contributed by atoms with E-state index in [1.54, 1.807) is 36.1 Å². The Morgan fingerprint density at radius 1 is 1.36 bits per heavy atom. The summed E-state index contributed by atoms with van der Waals surface area (Å²) in [5, 5.41) is -0.503. The number of thiocarbonyl (C=S) groups is 1. The monoisotopic (exact) mass is 541 g/mol. The standard InChI is InChI=1S/C22H22F3N5O4S2/c1-13(15-5-3-2-4-14(15)10-29-7-6-22(24,25)11-29)30-17-8-16(23)19(9-18(17)34-21(30)31)36(32,33)28-20(35)27-12-26/h2-5,8-9,12-13H,6-7,10-11H2,1H3,(H3,26,27,28,35)/t13-/m1/s1. The van der Waals surface area contributed by atoms with Crippen LogP contribution in [0.3, 0.4) is 0 Å². The summed E-state index contributed by atoms with van der Waals surface area (Å²) in [6, 6.07) is 8.11. The lowest BCUT2D eigenvalue weighted by molar-refractivity contribution is 0.0115. The fraction of sp³-hybridized carbons (Fsp3) is 0.318. The van der Waals surface area contributed by atoms with Crippen molar-refractivity contribution < 1.29 is 26.0 Å². The highest BCUT2D eigenvalue weighted by molar-refractivity contribution is 7.91. The predicted molar refractivity (Wildman–Crippen MR) is 131 cm³/mol. The number of aliphatic imine (C=N–C) groups is 1. The Hall–Kier alpha value is -3.23. The summed E-state index contributed by atoms with van der Waals surface area (Å²) >= 11 is 4.72. The number of halogens is 3. The third-order valence-corrected chi connectivity index (χ3v) is 7.60. The Bertz CT molecular complexity index is 1520. The van der Waals surface area contributed by atoms with Gasteiger partial charge < -0.3 is 10.2 Å². The van der Waals surface area contributed by atoms with Crippen molar-refractivity contribution in [2.75, 3.05) is 13.1 Å². The molecular formula is C22H22F3N5O4S2. The molecule has 192 valence electrons. The van der Waals surface area contributed by atoms with Crippen LogP contribution in [0.25, 0.3) is 11.1 Å². The van der Waals surface area contributed by atoms with Crippen molar-refractivity contribution in [3.8, 4) is 0 Å². The fourth-order valence-corrected chi connectivity index (χ4v) is 5.64. The van der Waals surface area contributed by atoms with Gasteiger partial charge in [0.2, 0.25) is 5.11 Å². The van der Waals surface area contributed by atoms with Crippen LogP contribution < -0.4 is 16.2 Å². The second-order valence-electron chi connectivity index (χ2n) is 8.37. The van der Waals surface area contributed by atoms with Crippen molar-refractivity contribution in [3.63, 3.8) is 0 Å². The molecule has 0 radical (unpaired) electrons. The first kappa shape index (κ1) is 25.9. The van der Waals surface area contributed by atoms with Crippen molar-refractivity contribution in [2.45, 2.75) is 36.7 Å². The SMILES string of the molecule is C[C@H](c1ccccc1CN1CCC(F)(F)C1)n1c(=O)oc2cc(S(=O)(=O)NC(=S)N=CN)c(F)cc21. The van der Waals surface area contributed by atoms with Gasteiger partial charge >= 0.3 is 5.76 Å². The Labute approximate surface area is 209 Å². The third kappa shape index (κ3) is 5.15. The minimum atomic E-state index is -4.48. The van der Waals surface area contributed by atoms with Crippen LogP contribution in [-0.2, 0) is 16.6 Å². The Morgan fingerprint density at radius 3 is 2.75 bits per heavy atom. The van der Waals surface area contributed by atoms with Crippen LogP contribution in [0.5, 0.6) is 0 Å². The van der Waals surface area contributed by atoms with Crippen LogP contribution in [0.4, 0.5) is 13.2 Å². The van der Waals surface area contributed by atoms with Crippen LogP contribution in [-0.4, -0.2) is 48.3 Å². The van der Waals surface area contributed by atoms with Gasteiger partial charge in [-0.2, -0.15) is 0 Å². The lowest BCUT2D eigenvalue weighted by Crippen LogP contribution is -2.29. The van der Waals surface area contributed by atoms with Crippen molar-refractivity contribution >= 4 is 44.8 Å². The molecule has 3 aromatic rings. The molecule has 3 N–H and O–H groups in total. The molecule has 1 saturated heterocycles. The number of hydrogen-bond acceptors (Lipinski definition) is 6. The topological polar surface area (TPSA) is 123 Å². The van der Waals surface area contributed by atoms with Gasteiger partial charge in [0.15, 0.2) is 5.58 Å². The molecule has 1 fully saturated rings. The number of benzene rings is 2. The fourth-order valence-electron chi connectivity index (χ4n) is 4.28. The number of nitrogens with one attached hydrogen (secondary N) is 1. The molecular weight excluding hydrogens is 519 g/mol. The molecule has 1 aliphatic heterocycles. The number of nitrogens with two attached hydrogens (primary N) is 1. The Balaban J connectivity index is 1.71. The van der Waals surface area contributed by atoms with Crippen LogP contribution in [0.15, 0.2) is 55.5 Å². The number of rotatable bonds is 6. The molecule has 4 rings (SSSR count). The van der Waals surface area contributed by atoms with Crippen LogP contribution >= 0.6 is 12.2 Å². The summed E-state index contributed by atoms with van der Waals surface area (Å²) in [4.78, 5) is 17.0. The van der Waals surface area contributed by atoms with Crippen molar-refractivity contribution in [1.82, 2.24) is 14.2 Å². The maximum atomic E-state index is 15.0. The van der Waals surface area contributed by atoms with Gasteiger partial charge in [0, 0.05) is 31.6 Å². The number of hydrogen-bond donors (Lipinski definition) is 2. The molecule has 0 amide bonds. The molecule has 0 unspecified atom stereocenters. The van der Waals surface area contributed by atoms with Crippen LogP contribution in [0.1, 0.15) is 30.5 Å². The number of fused-ring (bicyclic) bond motifs is 1. The number of sulfonamides is 1. The van der Waals surface area contributed by atoms with Crippen molar-refractivity contribution in [2.24, 2.45) is 10.7 Å². The van der Waals surface area contributed by atoms with E-state index < -0.39 is 43.6 Å². The van der Waals surface area contributed by atoms with E-state index in [1.807, 2.05) is 4.72 Å². The second-order valence-corrected chi connectivity index (χ2v) is 10.4. The smallest absolute Gasteiger partial charge is 0.408 e. The summed E-state index contributed by atoms with van der Waals surface area (Å²) in [5.41, 5.74) is 6.31. The molecule has 0 saturated carbocycles. The van der Waals surface area contributed by atoms with E-state index >= 15 is 0 Å². The van der Waals surface area contributed by atoms with E-state index in [4.69, 9.17) is 22.4 Å². The van der Waals surface area contributed by atoms with Gasteiger partial charge in [0.1, 0.15) is 10.7 Å².